The van der Waals surface area contributed by atoms with Crippen molar-refractivity contribution in [1.82, 2.24) is 4.57 Å². The molecule has 1 aromatic heterocycles. The Morgan fingerprint density at radius 2 is 1.94 bits per heavy atom. The molecule has 7 heteroatoms. The van der Waals surface area contributed by atoms with Gasteiger partial charge in [-0.1, -0.05) is 81.9 Å². The zero-order valence-corrected chi connectivity index (χ0v) is 20.0. The van der Waals surface area contributed by atoms with E-state index in [1.807, 2.05) is 72.8 Å². The highest BCUT2D eigenvalue weighted by atomic mass is 79.9. The molecule has 0 saturated heterocycles. The van der Waals surface area contributed by atoms with Gasteiger partial charge in [0.1, 0.15) is 0 Å². The number of nitrogens with zero attached hydrogens (tertiary/aromatic N) is 2. The van der Waals surface area contributed by atoms with Gasteiger partial charge in [-0.2, -0.15) is 0 Å². The van der Waals surface area contributed by atoms with Crippen LogP contribution < -0.4 is 14.9 Å². The van der Waals surface area contributed by atoms with Crippen molar-refractivity contribution < 1.29 is 9.53 Å². The Hall–Kier alpha value is -3.03. The molecule has 2 aromatic carbocycles. The van der Waals surface area contributed by atoms with Crippen LogP contribution in [0.3, 0.4) is 0 Å². The normalized spacial score (nSPS) is 16.2. The Kier molecular flexibility index (Phi) is 6.67. The van der Waals surface area contributed by atoms with Crippen LogP contribution in [0, 0.1) is 0 Å². The minimum absolute atomic E-state index is 0.189. The molecule has 0 radical (unpaired) electrons. The number of thiazole rings is 1. The van der Waals surface area contributed by atoms with Gasteiger partial charge in [0.2, 0.25) is 0 Å². The summed E-state index contributed by atoms with van der Waals surface area (Å²) in [6.45, 7) is 3.79. The van der Waals surface area contributed by atoms with Crippen LogP contribution in [0.4, 0.5) is 0 Å². The second kappa shape index (κ2) is 9.63. The van der Waals surface area contributed by atoms with E-state index >= 15 is 0 Å². The lowest BCUT2D eigenvalue weighted by Gasteiger charge is -2.21. The Balaban J connectivity index is 1.88. The number of fused-ring (bicyclic) bond motifs is 1. The molecule has 0 fully saturated rings. The first kappa shape index (κ1) is 22.2. The minimum Gasteiger partial charge on any atom is -0.463 e. The molecule has 0 aliphatic carbocycles. The molecule has 0 spiro atoms. The molecule has 1 atom stereocenters. The fraction of sp³-hybridized carbons (Fsp3) is 0.160. The molecule has 0 amide bonds. The Labute approximate surface area is 197 Å². The zero-order valence-electron chi connectivity index (χ0n) is 17.6. The summed E-state index contributed by atoms with van der Waals surface area (Å²) in [7, 11) is 0. The molecule has 5 nitrogen and oxygen atoms in total. The van der Waals surface area contributed by atoms with Gasteiger partial charge >= 0.3 is 5.97 Å². The van der Waals surface area contributed by atoms with E-state index in [-0.39, 0.29) is 12.2 Å². The summed E-state index contributed by atoms with van der Waals surface area (Å²) < 4.78 is 8.35. The first-order valence-electron chi connectivity index (χ1n) is 10.2. The highest BCUT2D eigenvalue weighted by Crippen LogP contribution is 2.26. The maximum absolute atomic E-state index is 13.4. The van der Waals surface area contributed by atoms with Gasteiger partial charge < -0.3 is 4.74 Å². The molecule has 162 valence electrons. The number of carbonyl (C=O) groups excluding carboxylic acids is 1. The van der Waals surface area contributed by atoms with E-state index in [1.165, 1.54) is 11.3 Å². The molecule has 0 saturated carbocycles. The molecule has 32 heavy (non-hydrogen) atoms. The molecule has 0 N–H and O–H groups in total. The van der Waals surface area contributed by atoms with Crippen LogP contribution in [0.25, 0.3) is 12.2 Å². The van der Waals surface area contributed by atoms with E-state index in [0.29, 0.717) is 20.6 Å². The lowest BCUT2D eigenvalue weighted by Crippen LogP contribution is -2.38. The van der Waals surface area contributed by atoms with Crippen molar-refractivity contribution in [3.8, 4) is 0 Å². The molecular weight excluding hydrogens is 488 g/mol. The van der Waals surface area contributed by atoms with Crippen LogP contribution in [0.15, 0.2) is 86.2 Å². The first-order valence-corrected chi connectivity index (χ1v) is 11.8. The van der Waals surface area contributed by atoms with Gasteiger partial charge in [-0.05, 0) is 43.2 Å². The maximum Gasteiger partial charge on any atom is 0.338 e. The highest BCUT2D eigenvalue weighted by molar-refractivity contribution is 9.10. The number of aromatic nitrogens is 1. The van der Waals surface area contributed by atoms with Crippen LogP contribution in [0.2, 0.25) is 0 Å². The van der Waals surface area contributed by atoms with Gasteiger partial charge in [0, 0.05) is 4.47 Å². The van der Waals surface area contributed by atoms with E-state index in [0.717, 1.165) is 15.6 Å². The second-order valence-electron chi connectivity index (χ2n) is 7.17. The lowest BCUT2D eigenvalue weighted by molar-refractivity contribution is -0.139. The maximum atomic E-state index is 13.4. The number of hydrogen-bond acceptors (Lipinski definition) is 5. The first-order chi connectivity index (χ1) is 15.5. The minimum atomic E-state index is -0.602. The van der Waals surface area contributed by atoms with Gasteiger partial charge in [0.05, 0.1) is 28.5 Å². The van der Waals surface area contributed by atoms with E-state index in [4.69, 9.17) is 4.74 Å². The van der Waals surface area contributed by atoms with Crippen molar-refractivity contribution in [2.24, 2.45) is 4.99 Å². The number of allylic oxidation sites excluding steroid dienone is 2. The number of carbonyl (C=O) groups is 1. The molecule has 0 unspecified atom stereocenters. The van der Waals surface area contributed by atoms with E-state index in [9.17, 15) is 9.59 Å². The number of benzene rings is 2. The zero-order chi connectivity index (χ0) is 22.7. The van der Waals surface area contributed by atoms with Crippen molar-refractivity contribution in [3.05, 3.63) is 107 Å². The van der Waals surface area contributed by atoms with Gasteiger partial charge in [-0.25, -0.2) is 9.79 Å². The lowest BCUT2D eigenvalue weighted by atomic mass is 10.0. The van der Waals surface area contributed by atoms with E-state index in [1.54, 1.807) is 18.4 Å². The summed E-state index contributed by atoms with van der Waals surface area (Å²) in [5, 5.41) is 0. The van der Waals surface area contributed by atoms with Gasteiger partial charge in [0.15, 0.2) is 4.80 Å². The second-order valence-corrected chi connectivity index (χ2v) is 9.09. The van der Waals surface area contributed by atoms with Gasteiger partial charge in [-0.3, -0.25) is 9.36 Å². The quantitative estimate of drug-likeness (QED) is 0.484. The van der Waals surface area contributed by atoms with Crippen LogP contribution in [0.5, 0.6) is 0 Å². The van der Waals surface area contributed by atoms with Crippen molar-refractivity contribution in [2.45, 2.75) is 19.9 Å². The van der Waals surface area contributed by atoms with Crippen molar-refractivity contribution in [2.75, 3.05) is 6.61 Å². The third kappa shape index (κ3) is 4.59. The molecule has 2 heterocycles. The topological polar surface area (TPSA) is 60.7 Å². The molecule has 4 rings (SSSR count). The Morgan fingerprint density at radius 1 is 1.19 bits per heavy atom. The number of halogens is 1. The third-order valence-corrected chi connectivity index (χ3v) is 6.45. The summed E-state index contributed by atoms with van der Waals surface area (Å²) >= 11 is 4.78. The molecule has 1 aliphatic rings. The van der Waals surface area contributed by atoms with Gasteiger partial charge in [-0.15, -0.1) is 0 Å². The number of rotatable bonds is 5. The van der Waals surface area contributed by atoms with Crippen LogP contribution >= 0.6 is 27.3 Å². The summed E-state index contributed by atoms with van der Waals surface area (Å²) in [5.41, 5.74) is 2.62. The van der Waals surface area contributed by atoms with Crippen molar-refractivity contribution in [1.29, 1.82) is 0 Å². The molecular formula is C25H21BrN2O3S. The van der Waals surface area contributed by atoms with Crippen LogP contribution in [0.1, 0.15) is 31.0 Å². The van der Waals surface area contributed by atoms with Crippen LogP contribution in [-0.2, 0) is 9.53 Å². The molecule has 1 aliphatic heterocycles. The predicted molar refractivity (Wildman–Crippen MR) is 131 cm³/mol. The smallest absolute Gasteiger partial charge is 0.338 e. The van der Waals surface area contributed by atoms with Gasteiger partial charge in [0.25, 0.3) is 5.56 Å². The molecule has 3 aromatic rings. The average molecular weight is 509 g/mol. The predicted octanol–water partition coefficient (Wildman–Crippen LogP) is 4.23. The van der Waals surface area contributed by atoms with E-state index in [2.05, 4.69) is 20.9 Å². The standard InChI is InChI=1S/C25H21BrN2O3S/c1-3-31-24(30)22-16(2)27-25-28(20(22)13-12-17-8-5-4-6-9-17)23(29)21(32-25)15-18-10-7-11-19(26)14-18/h4-15,20H,3H2,1-2H3/b13-12-,21-15+/t20-/m0/s1. The SMILES string of the molecule is CCOC(=O)C1=C(C)N=c2s/c(=C/c3cccc(Br)c3)c(=O)n2[C@H]1/C=C\c1ccccc1. The van der Waals surface area contributed by atoms with Crippen molar-refractivity contribution >= 4 is 45.4 Å². The summed E-state index contributed by atoms with van der Waals surface area (Å²) in [6, 6.07) is 16.9. The summed E-state index contributed by atoms with van der Waals surface area (Å²) in [4.78, 5) is 31.3. The number of hydrogen-bond donors (Lipinski definition) is 0. The Morgan fingerprint density at radius 3 is 2.66 bits per heavy atom. The third-order valence-electron chi connectivity index (χ3n) is 4.98. The number of esters is 1. The van der Waals surface area contributed by atoms with E-state index < -0.39 is 12.0 Å². The monoisotopic (exact) mass is 508 g/mol. The molecule has 0 bridgehead atoms. The Bertz CT molecular complexity index is 1400. The van der Waals surface area contributed by atoms with Crippen molar-refractivity contribution in [3.63, 3.8) is 0 Å². The van der Waals surface area contributed by atoms with Crippen LogP contribution in [-0.4, -0.2) is 17.1 Å². The number of ether oxygens (including phenoxy) is 1. The fourth-order valence-corrected chi connectivity index (χ4v) is 5.00. The average Bonchev–Trinajstić information content (AvgIpc) is 3.07. The summed E-state index contributed by atoms with van der Waals surface area (Å²) in [5.74, 6) is -0.460. The highest BCUT2D eigenvalue weighted by Gasteiger charge is 2.30. The fourth-order valence-electron chi connectivity index (χ4n) is 3.53. The summed E-state index contributed by atoms with van der Waals surface area (Å²) in [6.07, 6.45) is 5.62. The largest absolute Gasteiger partial charge is 0.463 e.